The standard InChI is InChI=1S/C17H25NO4/c1-12(19)13-6-8-14(9-7-13)15(20)10-11-18(5)16(21)22-17(2,3)4/h6-9,15,20H,10-11H2,1-5H3. The maximum atomic E-state index is 11.8. The summed E-state index contributed by atoms with van der Waals surface area (Å²) in [6, 6.07) is 6.85. The third kappa shape index (κ3) is 5.85. The van der Waals surface area contributed by atoms with Gasteiger partial charge < -0.3 is 14.7 Å². The summed E-state index contributed by atoms with van der Waals surface area (Å²) in [6.45, 7) is 7.31. The molecule has 0 aliphatic carbocycles. The highest BCUT2D eigenvalue weighted by atomic mass is 16.6. The van der Waals surface area contributed by atoms with Gasteiger partial charge in [-0.3, -0.25) is 4.79 Å². The summed E-state index contributed by atoms with van der Waals surface area (Å²) < 4.78 is 5.25. The first kappa shape index (κ1) is 18.2. The molecule has 1 rings (SSSR count). The lowest BCUT2D eigenvalue weighted by molar-refractivity contribution is 0.0273. The van der Waals surface area contributed by atoms with E-state index in [4.69, 9.17) is 4.74 Å². The Balaban J connectivity index is 2.53. The van der Waals surface area contributed by atoms with Gasteiger partial charge in [0.1, 0.15) is 5.60 Å². The highest BCUT2D eigenvalue weighted by Gasteiger charge is 2.20. The van der Waals surface area contributed by atoms with E-state index in [0.717, 1.165) is 5.56 Å². The number of Topliss-reactive ketones (excluding diaryl/α,β-unsaturated/α-hetero) is 1. The Hall–Kier alpha value is -1.88. The van der Waals surface area contributed by atoms with Crippen LogP contribution in [0.15, 0.2) is 24.3 Å². The van der Waals surface area contributed by atoms with Gasteiger partial charge in [0, 0.05) is 19.2 Å². The Kier molecular flexibility index (Phi) is 6.11. The van der Waals surface area contributed by atoms with Gasteiger partial charge in [0.25, 0.3) is 0 Å². The molecule has 0 bridgehead atoms. The molecule has 1 aromatic rings. The first-order chi connectivity index (χ1) is 10.1. The summed E-state index contributed by atoms with van der Waals surface area (Å²) in [5.41, 5.74) is 0.802. The van der Waals surface area contributed by atoms with Gasteiger partial charge in [-0.1, -0.05) is 24.3 Å². The number of aliphatic hydroxyl groups is 1. The predicted octanol–water partition coefficient (Wildman–Crippen LogP) is 3.18. The Labute approximate surface area is 131 Å². The average molecular weight is 307 g/mol. The topological polar surface area (TPSA) is 66.8 Å². The van der Waals surface area contributed by atoms with Crippen LogP contribution in [0.4, 0.5) is 4.79 Å². The Bertz CT molecular complexity index is 516. The normalized spacial score (nSPS) is 12.6. The van der Waals surface area contributed by atoms with Crippen LogP contribution in [0.25, 0.3) is 0 Å². The molecule has 0 spiro atoms. The molecular weight excluding hydrogens is 282 g/mol. The zero-order valence-electron chi connectivity index (χ0n) is 13.9. The van der Waals surface area contributed by atoms with Crippen molar-refractivity contribution in [2.75, 3.05) is 13.6 Å². The van der Waals surface area contributed by atoms with Crippen LogP contribution < -0.4 is 0 Å². The van der Waals surface area contributed by atoms with Crippen LogP contribution in [0, 0.1) is 0 Å². The van der Waals surface area contributed by atoms with Crippen molar-refractivity contribution in [3.05, 3.63) is 35.4 Å². The molecule has 0 saturated carbocycles. The first-order valence-corrected chi connectivity index (χ1v) is 7.33. The van der Waals surface area contributed by atoms with Crippen LogP contribution in [0.3, 0.4) is 0 Å². The van der Waals surface area contributed by atoms with Crippen molar-refractivity contribution in [3.63, 3.8) is 0 Å². The Morgan fingerprint density at radius 2 is 1.77 bits per heavy atom. The van der Waals surface area contributed by atoms with E-state index >= 15 is 0 Å². The highest BCUT2D eigenvalue weighted by Crippen LogP contribution is 2.18. The van der Waals surface area contributed by atoms with E-state index in [-0.39, 0.29) is 5.78 Å². The molecule has 122 valence electrons. The van der Waals surface area contributed by atoms with Crippen molar-refractivity contribution < 1.29 is 19.4 Å². The number of ether oxygens (including phenoxy) is 1. The Morgan fingerprint density at radius 3 is 2.23 bits per heavy atom. The van der Waals surface area contributed by atoms with Crippen LogP contribution in [-0.4, -0.2) is 41.1 Å². The number of aliphatic hydroxyl groups excluding tert-OH is 1. The molecule has 1 aromatic carbocycles. The van der Waals surface area contributed by atoms with Gasteiger partial charge in [0.15, 0.2) is 5.78 Å². The molecule has 0 fully saturated rings. The number of carbonyl (C=O) groups is 2. The second-order valence-corrected chi connectivity index (χ2v) is 6.38. The summed E-state index contributed by atoms with van der Waals surface area (Å²) in [4.78, 5) is 24.5. The predicted molar refractivity (Wildman–Crippen MR) is 84.9 cm³/mol. The van der Waals surface area contributed by atoms with E-state index in [0.29, 0.717) is 18.5 Å². The quantitative estimate of drug-likeness (QED) is 0.848. The Morgan fingerprint density at radius 1 is 1.23 bits per heavy atom. The molecular formula is C17H25NO4. The van der Waals surface area contributed by atoms with Gasteiger partial charge in [0.2, 0.25) is 0 Å². The fraction of sp³-hybridized carbons (Fsp3) is 0.529. The van der Waals surface area contributed by atoms with Crippen molar-refractivity contribution in [1.29, 1.82) is 0 Å². The van der Waals surface area contributed by atoms with Crippen molar-refractivity contribution in [2.24, 2.45) is 0 Å². The van der Waals surface area contributed by atoms with E-state index in [9.17, 15) is 14.7 Å². The second-order valence-electron chi connectivity index (χ2n) is 6.38. The van der Waals surface area contributed by atoms with Gasteiger partial charge in [-0.25, -0.2) is 4.79 Å². The minimum Gasteiger partial charge on any atom is -0.444 e. The van der Waals surface area contributed by atoms with E-state index < -0.39 is 17.8 Å². The van der Waals surface area contributed by atoms with Gasteiger partial charge in [-0.05, 0) is 39.7 Å². The average Bonchev–Trinajstić information content (AvgIpc) is 2.42. The number of ketones is 1. The molecule has 1 unspecified atom stereocenters. The van der Waals surface area contributed by atoms with E-state index in [1.165, 1.54) is 11.8 Å². The fourth-order valence-corrected chi connectivity index (χ4v) is 1.85. The largest absolute Gasteiger partial charge is 0.444 e. The summed E-state index contributed by atoms with van der Waals surface area (Å²) in [6.07, 6.45) is -0.702. The number of nitrogens with zero attached hydrogens (tertiary/aromatic N) is 1. The number of rotatable bonds is 5. The first-order valence-electron chi connectivity index (χ1n) is 7.33. The molecule has 5 nitrogen and oxygen atoms in total. The molecule has 5 heteroatoms. The van der Waals surface area contributed by atoms with Gasteiger partial charge in [-0.15, -0.1) is 0 Å². The maximum Gasteiger partial charge on any atom is 0.410 e. The van der Waals surface area contributed by atoms with E-state index in [1.807, 2.05) is 20.8 Å². The summed E-state index contributed by atoms with van der Waals surface area (Å²) in [5.74, 6) is -0.00861. The molecule has 0 aliphatic rings. The third-order valence-corrected chi connectivity index (χ3v) is 3.15. The van der Waals surface area contributed by atoms with Crippen molar-refractivity contribution in [3.8, 4) is 0 Å². The molecule has 0 radical (unpaired) electrons. The van der Waals surface area contributed by atoms with Crippen molar-refractivity contribution >= 4 is 11.9 Å². The number of hydrogen-bond donors (Lipinski definition) is 1. The summed E-state index contributed by atoms with van der Waals surface area (Å²) in [7, 11) is 1.64. The lowest BCUT2D eigenvalue weighted by Crippen LogP contribution is -2.35. The number of amides is 1. The zero-order chi connectivity index (χ0) is 16.9. The summed E-state index contributed by atoms with van der Waals surface area (Å²) >= 11 is 0. The second kappa shape index (κ2) is 7.40. The number of hydrogen-bond acceptors (Lipinski definition) is 4. The van der Waals surface area contributed by atoms with E-state index in [1.54, 1.807) is 31.3 Å². The smallest absolute Gasteiger partial charge is 0.410 e. The number of carbonyl (C=O) groups excluding carboxylic acids is 2. The molecule has 0 heterocycles. The highest BCUT2D eigenvalue weighted by molar-refractivity contribution is 5.94. The van der Waals surface area contributed by atoms with Crippen molar-refractivity contribution in [1.82, 2.24) is 4.90 Å². The lowest BCUT2D eigenvalue weighted by Gasteiger charge is -2.25. The van der Waals surface area contributed by atoms with Gasteiger partial charge >= 0.3 is 6.09 Å². The molecule has 22 heavy (non-hydrogen) atoms. The molecule has 0 saturated heterocycles. The van der Waals surface area contributed by atoms with Crippen LogP contribution in [0.2, 0.25) is 0 Å². The fourth-order valence-electron chi connectivity index (χ4n) is 1.85. The SMILES string of the molecule is CC(=O)c1ccc(C(O)CCN(C)C(=O)OC(C)(C)C)cc1. The van der Waals surface area contributed by atoms with Crippen molar-refractivity contribution in [2.45, 2.75) is 45.8 Å². The minimum atomic E-state index is -0.689. The van der Waals surface area contributed by atoms with E-state index in [2.05, 4.69) is 0 Å². The van der Waals surface area contributed by atoms with Crippen LogP contribution in [-0.2, 0) is 4.74 Å². The number of benzene rings is 1. The monoisotopic (exact) mass is 307 g/mol. The van der Waals surface area contributed by atoms with Crippen LogP contribution in [0.5, 0.6) is 0 Å². The van der Waals surface area contributed by atoms with Crippen LogP contribution >= 0.6 is 0 Å². The maximum absolute atomic E-state index is 11.8. The lowest BCUT2D eigenvalue weighted by atomic mass is 10.0. The zero-order valence-corrected chi connectivity index (χ0v) is 13.9. The van der Waals surface area contributed by atoms with Gasteiger partial charge in [-0.2, -0.15) is 0 Å². The molecule has 1 N–H and O–H groups in total. The molecule has 1 amide bonds. The minimum absolute atomic E-state index is 0.00861. The molecule has 0 aliphatic heterocycles. The molecule has 0 aromatic heterocycles. The molecule has 1 atom stereocenters. The summed E-state index contributed by atoms with van der Waals surface area (Å²) in [5, 5.41) is 10.1. The van der Waals surface area contributed by atoms with Crippen LogP contribution in [0.1, 0.15) is 56.1 Å². The third-order valence-electron chi connectivity index (χ3n) is 3.15. The van der Waals surface area contributed by atoms with Gasteiger partial charge in [0.05, 0.1) is 6.10 Å².